The van der Waals surface area contributed by atoms with Crippen molar-refractivity contribution in [3.63, 3.8) is 0 Å². The van der Waals surface area contributed by atoms with Crippen LogP contribution in [0.15, 0.2) is 0 Å². The van der Waals surface area contributed by atoms with Gasteiger partial charge in [-0.15, -0.1) is 0 Å². The smallest absolute Gasteiger partial charge is 0.234 e. The van der Waals surface area contributed by atoms with Crippen molar-refractivity contribution >= 4 is 5.91 Å². The third kappa shape index (κ3) is 8.72. The van der Waals surface area contributed by atoms with Crippen LogP contribution in [-0.2, 0) is 4.79 Å². The van der Waals surface area contributed by atoms with Crippen molar-refractivity contribution in [2.45, 2.75) is 52.9 Å². The lowest BCUT2D eigenvalue weighted by molar-refractivity contribution is -0.122. The first-order valence-electron chi connectivity index (χ1n) is 6.73. The molecule has 0 unspecified atom stereocenters. The van der Waals surface area contributed by atoms with E-state index in [0.717, 1.165) is 26.1 Å². The third-order valence-corrected chi connectivity index (χ3v) is 2.60. The van der Waals surface area contributed by atoms with E-state index < -0.39 is 0 Å². The van der Waals surface area contributed by atoms with Gasteiger partial charge in [0.25, 0.3) is 0 Å². The Hall–Kier alpha value is -0.570. The van der Waals surface area contributed by atoms with E-state index >= 15 is 0 Å². The van der Waals surface area contributed by atoms with Crippen LogP contribution in [-0.4, -0.2) is 37.0 Å². The fourth-order valence-corrected chi connectivity index (χ4v) is 1.56. The van der Waals surface area contributed by atoms with Gasteiger partial charge in [0.2, 0.25) is 5.91 Å². The molecular weight excluding hydrogens is 200 g/mol. The fraction of sp³-hybridized carbons (Fsp3) is 0.923. The number of carbonyl (C=O) groups is 1. The van der Waals surface area contributed by atoms with Gasteiger partial charge < -0.3 is 5.32 Å². The van der Waals surface area contributed by atoms with E-state index in [1.54, 1.807) is 0 Å². The van der Waals surface area contributed by atoms with Crippen LogP contribution in [0.5, 0.6) is 0 Å². The normalized spacial score (nSPS) is 10.8. The molecule has 0 aliphatic heterocycles. The molecule has 0 saturated carbocycles. The Labute approximate surface area is 101 Å². The quantitative estimate of drug-likeness (QED) is 0.623. The molecule has 0 atom stereocenters. The summed E-state index contributed by atoms with van der Waals surface area (Å²) in [6, 6.07) is 0. The Kier molecular flexibility index (Phi) is 10.5. The molecule has 3 heteroatoms. The van der Waals surface area contributed by atoms with Crippen molar-refractivity contribution in [3.8, 4) is 0 Å². The number of hydrogen-bond acceptors (Lipinski definition) is 2. The van der Waals surface area contributed by atoms with Crippen LogP contribution in [0.3, 0.4) is 0 Å². The van der Waals surface area contributed by atoms with Crippen LogP contribution in [0, 0.1) is 0 Å². The van der Waals surface area contributed by atoms with Crippen molar-refractivity contribution in [1.29, 1.82) is 0 Å². The molecule has 0 aromatic carbocycles. The number of nitrogens with zero attached hydrogens (tertiary/aromatic N) is 1. The predicted octanol–water partition coefficient (Wildman–Crippen LogP) is 2.41. The molecule has 0 aromatic heterocycles. The number of carbonyl (C=O) groups excluding carboxylic acids is 1. The minimum absolute atomic E-state index is 0.175. The van der Waals surface area contributed by atoms with Gasteiger partial charge in [-0.1, -0.05) is 33.6 Å². The number of unbranched alkanes of at least 4 members (excludes halogenated alkanes) is 2. The van der Waals surface area contributed by atoms with Crippen molar-refractivity contribution < 1.29 is 4.79 Å². The standard InChI is InChI=1S/C13H28N2O/c1-4-7-10-15(11-8-5-2)12-13(16)14-9-6-3/h4-12H2,1-3H3,(H,14,16). The molecule has 16 heavy (non-hydrogen) atoms. The summed E-state index contributed by atoms with van der Waals surface area (Å²) in [7, 11) is 0. The Morgan fingerprint density at radius 3 is 2.00 bits per heavy atom. The lowest BCUT2D eigenvalue weighted by Crippen LogP contribution is -2.38. The SMILES string of the molecule is CCCCN(CCCC)CC(=O)NCCC. The first-order chi connectivity index (χ1) is 7.74. The van der Waals surface area contributed by atoms with Gasteiger partial charge in [-0.05, 0) is 32.4 Å². The van der Waals surface area contributed by atoms with E-state index in [0.29, 0.717) is 6.54 Å². The molecule has 0 radical (unpaired) electrons. The molecule has 0 aromatic rings. The van der Waals surface area contributed by atoms with E-state index in [1.807, 2.05) is 0 Å². The van der Waals surface area contributed by atoms with Gasteiger partial charge >= 0.3 is 0 Å². The Balaban J connectivity index is 3.82. The van der Waals surface area contributed by atoms with Crippen molar-refractivity contribution in [3.05, 3.63) is 0 Å². The van der Waals surface area contributed by atoms with Crippen LogP contribution in [0.1, 0.15) is 52.9 Å². The maximum Gasteiger partial charge on any atom is 0.234 e. The Morgan fingerprint density at radius 1 is 1.00 bits per heavy atom. The Bertz CT molecular complexity index is 163. The van der Waals surface area contributed by atoms with Crippen LogP contribution < -0.4 is 5.32 Å². The third-order valence-electron chi connectivity index (χ3n) is 2.60. The topological polar surface area (TPSA) is 32.3 Å². The van der Waals surface area contributed by atoms with E-state index in [-0.39, 0.29) is 5.91 Å². The Morgan fingerprint density at radius 2 is 1.56 bits per heavy atom. The summed E-state index contributed by atoms with van der Waals surface area (Å²) in [5.41, 5.74) is 0. The lowest BCUT2D eigenvalue weighted by atomic mass is 10.2. The van der Waals surface area contributed by atoms with Gasteiger partial charge in [-0.25, -0.2) is 0 Å². The first-order valence-corrected chi connectivity index (χ1v) is 6.73. The highest BCUT2D eigenvalue weighted by Gasteiger charge is 2.08. The fourth-order valence-electron chi connectivity index (χ4n) is 1.56. The molecule has 1 N–H and O–H groups in total. The highest BCUT2D eigenvalue weighted by atomic mass is 16.2. The first kappa shape index (κ1) is 15.4. The van der Waals surface area contributed by atoms with Crippen LogP contribution in [0.4, 0.5) is 0 Å². The average Bonchev–Trinajstić information content (AvgIpc) is 2.30. The molecule has 0 heterocycles. The summed E-state index contributed by atoms with van der Waals surface area (Å²) in [5.74, 6) is 0.175. The van der Waals surface area contributed by atoms with E-state index in [2.05, 4.69) is 31.0 Å². The molecule has 0 saturated heterocycles. The number of amides is 1. The highest BCUT2D eigenvalue weighted by molar-refractivity contribution is 5.77. The highest BCUT2D eigenvalue weighted by Crippen LogP contribution is 1.98. The van der Waals surface area contributed by atoms with Crippen LogP contribution in [0.25, 0.3) is 0 Å². The van der Waals surface area contributed by atoms with Gasteiger partial charge in [0.1, 0.15) is 0 Å². The van der Waals surface area contributed by atoms with Crippen LogP contribution in [0.2, 0.25) is 0 Å². The maximum absolute atomic E-state index is 11.6. The second kappa shape index (κ2) is 10.9. The second-order valence-electron chi connectivity index (χ2n) is 4.33. The van der Waals surface area contributed by atoms with Crippen LogP contribution >= 0.6 is 0 Å². The largest absolute Gasteiger partial charge is 0.355 e. The number of nitrogens with one attached hydrogen (secondary N) is 1. The van der Waals surface area contributed by atoms with Crippen molar-refractivity contribution in [1.82, 2.24) is 10.2 Å². The molecule has 96 valence electrons. The molecule has 3 nitrogen and oxygen atoms in total. The van der Waals surface area contributed by atoms with Gasteiger partial charge in [-0.2, -0.15) is 0 Å². The zero-order valence-electron chi connectivity index (χ0n) is 11.2. The summed E-state index contributed by atoms with van der Waals surface area (Å²) < 4.78 is 0. The monoisotopic (exact) mass is 228 g/mol. The molecule has 0 bridgehead atoms. The number of hydrogen-bond donors (Lipinski definition) is 1. The zero-order chi connectivity index (χ0) is 12.2. The maximum atomic E-state index is 11.6. The summed E-state index contributed by atoms with van der Waals surface area (Å²) >= 11 is 0. The second-order valence-corrected chi connectivity index (χ2v) is 4.33. The van der Waals surface area contributed by atoms with E-state index in [9.17, 15) is 4.79 Å². The summed E-state index contributed by atoms with van der Waals surface area (Å²) in [6.07, 6.45) is 5.77. The zero-order valence-corrected chi connectivity index (χ0v) is 11.2. The van der Waals surface area contributed by atoms with Crippen molar-refractivity contribution in [2.75, 3.05) is 26.2 Å². The van der Waals surface area contributed by atoms with E-state index in [1.165, 1.54) is 25.7 Å². The molecule has 0 rings (SSSR count). The molecule has 1 amide bonds. The molecular formula is C13H28N2O. The minimum Gasteiger partial charge on any atom is -0.355 e. The lowest BCUT2D eigenvalue weighted by Gasteiger charge is -2.21. The van der Waals surface area contributed by atoms with Gasteiger partial charge in [0, 0.05) is 6.54 Å². The van der Waals surface area contributed by atoms with Gasteiger partial charge in [0.15, 0.2) is 0 Å². The van der Waals surface area contributed by atoms with Gasteiger partial charge in [0.05, 0.1) is 6.54 Å². The summed E-state index contributed by atoms with van der Waals surface area (Å²) in [5, 5.41) is 2.94. The predicted molar refractivity (Wildman–Crippen MR) is 69.6 cm³/mol. The molecule has 0 aliphatic carbocycles. The summed E-state index contributed by atoms with van der Waals surface area (Å²) in [4.78, 5) is 13.9. The molecule has 0 fully saturated rings. The van der Waals surface area contributed by atoms with E-state index in [4.69, 9.17) is 0 Å². The number of rotatable bonds is 10. The van der Waals surface area contributed by atoms with Gasteiger partial charge in [-0.3, -0.25) is 9.69 Å². The minimum atomic E-state index is 0.175. The van der Waals surface area contributed by atoms with Crippen molar-refractivity contribution in [2.24, 2.45) is 0 Å². The molecule has 0 spiro atoms. The molecule has 0 aliphatic rings. The summed E-state index contributed by atoms with van der Waals surface area (Å²) in [6.45, 7) is 9.93. The average molecular weight is 228 g/mol.